The van der Waals surface area contributed by atoms with Crippen LogP contribution in [0.3, 0.4) is 0 Å². The van der Waals surface area contributed by atoms with Gasteiger partial charge in [0.1, 0.15) is 11.9 Å². The fourth-order valence-corrected chi connectivity index (χ4v) is 3.74. The number of aliphatic hydroxyl groups excluding tert-OH is 1. The van der Waals surface area contributed by atoms with Crippen LogP contribution in [0, 0.1) is 0 Å². The molecule has 1 N–H and O–H groups in total. The summed E-state index contributed by atoms with van der Waals surface area (Å²) in [5, 5.41) is 11.5. The summed E-state index contributed by atoms with van der Waals surface area (Å²) in [5.41, 5.74) is 0.841. The van der Waals surface area contributed by atoms with Gasteiger partial charge in [-0.15, -0.1) is 0 Å². The third-order valence-electron chi connectivity index (χ3n) is 4.98. The topological polar surface area (TPSA) is 60.7 Å². The molecule has 1 aromatic carbocycles. The maximum Gasteiger partial charge on any atom is 0.419 e. The van der Waals surface area contributed by atoms with E-state index in [1.165, 1.54) is 0 Å². The van der Waals surface area contributed by atoms with Crippen LogP contribution >= 0.6 is 0 Å². The number of fused-ring (bicyclic) bond motifs is 1. The Hall–Kier alpha value is -1.63. The van der Waals surface area contributed by atoms with Crippen LogP contribution in [0.5, 0.6) is 0 Å². The summed E-state index contributed by atoms with van der Waals surface area (Å²) in [7, 11) is -2.12. The zero-order valence-electron chi connectivity index (χ0n) is 17.8. The van der Waals surface area contributed by atoms with E-state index in [2.05, 4.69) is 33.9 Å². The van der Waals surface area contributed by atoms with Crippen LogP contribution in [0.2, 0.25) is 18.1 Å². The molecule has 27 heavy (non-hydrogen) atoms. The number of para-hydroxylation sites is 1. The Kier molecular flexibility index (Phi) is 5.95. The van der Waals surface area contributed by atoms with Gasteiger partial charge in [-0.1, -0.05) is 39.0 Å². The molecule has 0 radical (unpaired) electrons. The third kappa shape index (κ3) is 5.21. The molecule has 0 unspecified atom stereocenters. The number of aliphatic hydroxyl groups is 1. The second-order valence-electron chi connectivity index (χ2n) is 9.55. The van der Waals surface area contributed by atoms with Crippen molar-refractivity contribution in [1.29, 1.82) is 0 Å². The Morgan fingerprint density at radius 3 is 2.30 bits per heavy atom. The zero-order chi connectivity index (χ0) is 20.6. The summed E-state index contributed by atoms with van der Waals surface area (Å²) in [6, 6.07) is 9.55. The first-order valence-corrected chi connectivity index (χ1v) is 12.3. The van der Waals surface area contributed by atoms with Crippen LogP contribution in [0.25, 0.3) is 10.9 Å². The van der Waals surface area contributed by atoms with E-state index in [0.29, 0.717) is 5.69 Å². The van der Waals surface area contributed by atoms with Gasteiger partial charge < -0.3 is 14.3 Å². The van der Waals surface area contributed by atoms with Gasteiger partial charge in [0, 0.05) is 17.5 Å². The van der Waals surface area contributed by atoms with Crippen molar-refractivity contribution in [3.63, 3.8) is 0 Å². The lowest BCUT2D eigenvalue weighted by Gasteiger charge is -2.37. The smallest absolute Gasteiger partial charge is 0.419 e. The second kappa shape index (κ2) is 7.41. The van der Waals surface area contributed by atoms with Crippen LogP contribution < -0.4 is 0 Å². The molecule has 5 nitrogen and oxygen atoms in total. The lowest BCUT2D eigenvalue weighted by atomic mass is 10.2. The van der Waals surface area contributed by atoms with Gasteiger partial charge >= 0.3 is 6.09 Å². The standard InChI is InChI=1S/C21H33NO4Si/c1-20(2,3)25-19(24)22-16(13-15-11-9-10-12-17(15)22)14-18(23)26-27(7,8)21(4,5)6/h9-13,18,23H,14H2,1-8H3/t18-/m0/s1. The highest BCUT2D eigenvalue weighted by molar-refractivity contribution is 6.74. The molecule has 0 spiro atoms. The maximum absolute atomic E-state index is 12.8. The second-order valence-corrected chi connectivity index (χ2v) is 14.3. The molecular formula is C21H33NO4Si. The predicted octanol–water partition coefficient (Wildman–Crippen LogP) is 5.31. The van der Waals surface area contributed by atoms with E-state index in [-0.39, 0.29) is 11.5 Å². The Morgan fingerprint density at radius 2 is 1.74 bits per heavy atom. The molecule has 2 rings (SSSR count). The van der Waals surface area contributed by atoms with Crippen LogP contribution in [0.15, 0.2) is 30.3 Å². The van der Waals surface area contributed by atoms with E-state index in [1.807, 2.05) is 51.1 Å². The zero-order valence-corrected chi connectivity index (χ0v) is 18.8. The number of carbonyl (C=O) groups excluding carboxylic acids is 1. The molecule has 0 amide bonds. The first-order chi connectivity index (χ1) is 12.2. The lowest BCUT2D eigenvalue weighted by molar-refractivity contribution is -0.0279. The molecule has 0 aliphatic rings. The molecule has 0 saturated heterocycles. The number of aromatic nitrogens is 1. The quantitative estimate of drug-likeness (QED) is 0.567. The number of rotatable bonds is 4. The van der Waals surface area contributed by atoms with Gasteiger partial charge in [0.05, 0.1) is 5.52 Å². The average molecular weight is 392 g/mol. The Labute approximate surface area is 163 Å². The molecule has 0 bridgehead atoms. The van der Waals surface area contributed by atoms with Crippen LogP contribution in [0.4, 0.5) is 4.79 Å². The molecule has 1 aromatic heterocycles. The highest BCUT2D eigenvalue weighted by atomic mass is 28.4. The Bertz CT molecular complexity index is 812. The monoisotopic (exact) mass is 391 g/mol. The summed E-state index contributed by atoms with van der Waals surface area (Å²) >= 11 is 0. The van der Waals surface area contributed by atoms with Gasteiger partial charge in [0.25, 0.3) is 0 Å². The molecule has 6 heteroatoms. The SMILES string of the molecule is CC(C)(C)OC(=O)n1c(C[C@@H](O)O[Si](C)(C)C(C)(C)C)cc2ccccc21. The van der Waals surface area contributed by atoms with Gasteiger partial charge in [-0.3, -0.25) is 0 Å². The number of carbonyl (C=O) groups is 1. The summed E-state index contributed by atoms with van der Waals surface area (Å²) in [6.07, 6.45) is -1.20. The van der Waals surface area contributed by atoms with Crippen LogP contribution in [0.1, 0.15) is 47.2 Å². The van der Waals surface area contributed by atoms with Crippen molar-refractivity contribution in [2.45, 2.75) is 78.0 Å². The van der Waals surface area contributed by atoms with Crippen molar-refractivity contribution < 1.29 is 19.1 Å². The number of ether oxygens (including phenoxy) is 1. The third-order valence-corrected chi connectivity index (χ3v) is 9.46. The fourth-order valence-electron chi connectivity index (χ4n) is 2.62. The predicted molar refractivity (Wildman–Crippen MR) is 112 cm³/mol. The molecular weight excluding hydrogens is 358 g/mol. The minimum atomic E-state index is -2.12. The van der Waals surface area contributed by atoms with Crippen LogP contribution in [-0.2, 0) is 15.6 Å². The lowest BCUT2D eigenvalue weighted by Crippen LogP contribution is -2.44. The van der Waals surface area contributed by atoms with E-state index in [4.69, 9.17) is 9.16 Å². The first kappa shape index (κ1) is 21.7. The maximum atomic E-state index is 12.8. The number of hydrogen-bond donors (Lipinski definition) is 1. The van der Waals surface area contributed by atoms with E-state index >= 15 is 0 Å². The van der Waals surface area contributed by atoms with Gasteiger partial charge in [-0.2, -0.15) is 0 Å². The van der Waals surface area contributed by atoms with Gasteiger partial charge in [-0.05, 0) is 51.0 Å². The average Bonchev–Trinajstić information content (AvgIpc) is 2.80. The first-order valence-electron chi connectivity index (χ1n) is 9.40. The van der Waals surface area contributed by atoms with E-state index in [0.717, 1.165) is 10.9 Å². The van der Waals surface area contributed by atoms with Crippen molar-refractivity contribution in [3.05, 3.63) is 36.0 Å². The molecule has 1 atom stereocenters. The largest absolute Gasteiger partial charge is 0.443 e. The summed E-state index contributed by atoms with van der Waals surface area (Å²) in [5.74, 6) is 0. The molecule has 1 heterocycles. The highest BCUT2D eigenvalue weighted by Crippen LogP contribution is 2.37. The number of nitrogens with zero attached hydrogens (tertiary/aromatic N) is 1. The molecule has 150 valence electrons. The normalized spacial score (nSPS) is 14.4. The van der Waals surface area contributed by atoms with Crippen molar-refractivity contribution in [1.82, 2.24) is 4.57 Å². The van der Waals surface area contributed by atoms with Gasteiger partial charge in [0.2, 0.25) is 0 Å². The van der Waals surface area contributed by atoms with Crippen molar-refractivity contribution >= 4 is 25.3 Å². The van der Waals surface area contributed by atoms with Crippen molar-refractivity contribution in [2.24, 2.45) is 0 Å². The fraction of sp³-hybridized carbons (Fsp3) is 0.571. The van der Waals surface area contributed by atoms with E-state index < -0.39 is 26.3 Å². The van der Waals surface area contributed by atoms with Crippen LogP contribution in [-0.4, -0.2) is 36.0 Å². The summed E-state index contributed by atoms with van der Waals surface area (Å²) in [4.78, 5) is 12.8. The number of benzene rings is 1. The van der Waals surface area contributed by atoms with Gasteiger partial charge in [-0.25, -0.2) is 9.36 Å². The minimum absolute atomic E-state index is 0.00808. The van der Waals surface area contributed by atoms with Crippen molar-refractivity contribution in [2.75, 3.05) is 0 Å². The molecule has 0 fully saturated rings. The molecule has 0 aliphatic heterocycles. The molecule has 0 aliphatic carbocycles. The highest BCUT2D eigenvalue weighted by Gasteiger charge is 2.39. The number of hydrogen-bond acceptors (Lipinski definition) is 4. The Morgan fingerprint density at radius 1 is 1.15 bits per heavy atom. The van der Waals surface area contributed by atoms with E-state index in [1.54, 1.807) is 4.57 Å². The van der Waals surface area contributed by atoms with Crippen molar-refractivity contribution in [3.8, 4) is 0 Å². The Balaban J connectivity index is 2.35. The van der Waals surface area contributed by atoms with E-state index in [9.17, 15) is 9.90 Å². The summed E-state index contributed by atoms with van der Waals surface area (Å²) < 4.78 is 13.2. The molecule has 0 saturated carbocycles. The van der Waals surface area contributed by atoms with Gasteiger partial charge in [0.15, 0.2) is 8.32 Å². The summed E-state index contributed by atoms with van der Waals surface area (Å²) in [6.45, 7) is 16.1. The minimum Gasteiger partial charge on any atom is -0.443 e. The molecule has 2 aromatic rings.